The summed E-state index contributed by atoms with van der Waals surface area (Å²) in [5.74, 6) is 2.74. The minimum Gasteiger partial charge on any atom is -0.497 e. The van der Waals surface area contributed by atoms with Crippen LogP contribution in [0.1, 0.15) is 21.8 Å². The molecule has 4 nitrogen and oxygen atoms in total. The maximum atomic E-state index is 5.34. The summed E-state index contributed by atoms with van der Waals surface area (Å²) in [5.41, 5.74) is 2.54. The van der Waals surface area contributed by atoms with E-state index in [4.69, 9.17) is 4.74 Å². The molecule has 2 aromatic heterocycles. The fourth-order valence-corrected chi connectivity index (χ4v) is 4.77. The molecule has 2 heterocycles. The van der Waals surface area contributed by atoms with Crippen LogP contribution in [0.4, 0.5) is 0 Å². The predicted molar refractivity (Wildman–Crippen MR) is 120 cm³/mol. The molecule has 0 saturated heterocycles. The van der Waals surface area contributed by atoms with E-state index in [9.17, 15) is 0 Å². The van der Waals surface area contributed by atoms with E-state index >= 15 is 0 Å². The van der Waals surface area contributed by atoms with Gasteiger partial charge in [0.05, 0.1) is 7.11 Å². The molecule has 0 saturated carbocycles. The van der Waals surface area contributed by atoms with Crippen molar-refractivity contribution in [2.45, 2.75) is 30.3 Å². The van der Waals surface area contributed by atoms with Crippen molar-refractivity contribution in [2.75, 3.05) is 7.11 Å². The molecule has 0 amide bonds. The highest BCUT2D eigenvalue weighted by atomic mass is 32.2. The van der Waals surface area contributed by atoms with Gasteiger partial charge in [-0.1, -0.05) is 60.3 Å². The minimum absolute atomic E-state index is 0.819. The van der Waals surface area contributed by atoms with E-state index in [0.717, 1.165) is 41.9 Å². The van der Waals surface area contributed by atoms with E-state index in [1.54, 1.807) is 30.2 Å². The highest BCUT2D eigenvalue weighted by Crippen LogP contribution is 2.25. The van der Waals surface area contributed by atoms with Gasteiger partial charge in [0, 0.05) is 23.6 Å². The summed E-state index contributed by atoms with van der Waals surface area (Å²) >= 11 is 3.49. The van der Waals surface area contributed by atoms with Crippen molar-refractivity contribution in [1.82, 2.24) is 14.8 Å². The second-order valence-corrected chi connectivity index (χ2v) is 8.66. The topological polar surface area (TPSA) is 39.9 Å². The molecule has 0 fully saturated rings. The van der Waals surface area contributed by atoms with E-state index < -0.39 is 0 Å². The van der Waals surface area contributed by atoms with Crippen molar-refractivity contribution < 1.29 is 4.74 Å². The van der Waals surface area contributed by atoms with E-state index in [1.165, 1.54) is 16.0 Å². The van der Waals surface area contributed by atoms with Gasteiger partial charge in [0.1, 0.15) is 11.6 Å². The van der Waals surface area contributed by atoms with Crippen LogP contribution in [-0.2, 0) is 25.1 Å². The maximum absolute atomic E-state index is 5.34. The Morgan fingerprint density at radius 3 is 2.62 bits per heavy atom. The monoisotopic (exact) mass is 421 g/mol. The fraction of sp³-hybridized carbons (Fsp3) is 0.217. The number of methoxy groups -OCH3 is 1. The van der Waals surface area contributed by atoms with Gasteiger partial charge >= 0.3 is 0 Å². The Morgan fingerprint density at radius 2 is 1.83 bits per heavy atom. The zero-order valence-electron chi connectivity index (χ0n) is 16.3. The molecule has 0 aliphatic rings. The second-order valence-electron chi connectivity index (χ2n) is 6.68. The van der Waals surface area contributed by atoms with Gasteiger partial charge in [0.2, 0.25) is 0 Å². The lowest BCUT2D eigenvalue weighted by Crippen LogP contribution is -2.08. The Hall–Kier alpha value is -2.57. The molecule has 0 bridgehead atoms. The van der Waals surface area contributed by atoms with Crippen LogP contribution < -0.4 is 4.74 Å². The Kier molecular flexibility index (Phi) is 6.64. The smallest absolute Gasteiger partial charge is 0.191 e. The number of thiophene rings is 1. The number of nitrogens with zero attached hydrogens (tertiary/aromatic N) is 3. The Morgan fingerprint density at radius 1 is 0.966 bits per heavy atom. The number of hydrogen-bond donors (Lipinski definition) is 0. The molecular formula is C23H23N3OS2. The molecule has 0 spiro atoms. The van der Waals surface area contributed by atoms with E-state index in [-0.39, 0.29) is 0 Å². The Balaban J connectivity index is 1.52. The first-order valence-electron chi connectivity index (χ1n) is 9.56. The summed E-state index contributed by atoms with van der Waals surface area (Å²) < 4.78 is 7.62. The summed E-state index contributed by atoms with van der Waals surface area (Å²) in [5, 5.41) is 12.1. The zero-order valence-corrected chi connectivity index (χ0v) is 18.0. The van der Waals surface area contributed by atoms with Crippen LogP contribution in [0.25, 0.3) is 0 Å². The molecule has 29 heavy (non-hydrogen) atoms. The van der Waals surface area contributed by atoms with Crippen LogP contribution in [0.2, 0.25) is 0 Å². The average Bonchev–Trinajstić information content (AvgIpc) is 3.42. The molecule has 2 aromatic carbocycles. The molecule has 0 atom stereocenters. The summed E-state index contributed by atoms with van der Waals surface area (Å²) in [6, 6.07) is 23.0. The van der Waals surface area contributed by atoms with Gasteiger partial charge in [-0.2, -0.15) is 0 Å². The Labute approximate surface area is 179 Å². The van der Waals surface area contributed by atoms with Crippen molar-refractivity contribution in [2.24, 2.45) is 0 Å². The highest BCUT2D eigenvalue weighted by molar-refractivity contribution is 7.98. The molecule has 0 unspecified atom stereocenters. The number of benzene rings is 2. The quantitative estimate of drug-likeness (QED) is 0.336. The van der Waals surface area contributed by atoms with Crippen LogP contribution in [0.15, 0.2) is 77.3 Å². The second kappa shape index (κ2) is 9.76. The van der Waals surface area contributed by atoms with Crippen molar-refractivity contribution >= 4 is 23.1 Å². The van der Waals surface area contributed by atoms with Crippen molar-refractivity contribution in [1.29, 1.82) is 0 Å². The van der Waals surface area contributed by atoms with Gasteiger partial charge in [-0.3, -0.25) is 0 Å². The van der Waals surface area contributed by atoms with Crippen molar-refractivity contribution in [3.05, 3.63) is 93.9 Å². The summed E-state index contributed by atoms with van der Waals surface area (Å²) in [6.07, 6.45) is 1.78. The van der Waals surface area contributed by atoms with Crippen molar-refractivity contribution in [3.63, 3.8) is 0 Å². The van der Waals surface area contributed by atoms with Crippen LogP contribution in [0.5, 0.6) is 5.75 Å². The van der Waals surface area contributed by atoms with Crippen LogP contribution in [-0.4, -0.2) is 21.9 Å². The third-order valence-corrected chi connectivity index (χ3v) is 6.59. The SMILES string of the molecule is COc1cccc(CSc2nnc(Cc3cccs3)n2CCc2ccccc2)c1. The number of rotatable bonds is 9. The first kappa shape index (κ1) is 19.7. The van der Waals surface area contributed by atoms with Gasteiger partial charge < -0.3 is 9.30 Å². The lowest BCUT2D eigenvalue weighted by Gasteiger charge is -2.10. The Bertz CT molecular complexity index is 1030. The normalized spacial score (nSPS) is 10.9. The summed E-state index contributed by atoms with van der Waals surface area (Å²) in [7, 11) is 1.70. The summed E-state index contributed by atoms with van der Waals surface area (Å²) in [4.78, 5) is 1.31. The van der Waals surface area contributed by atoms with Crippen LogP contribution in [0, 0.1) is 0 Å². The molecule has 6 heteroatoms. The average molecular weight is 422 g/mol. The molecule has 4 rings (SSSR count). The maximum Gasteiger partial charge on any atom is 0.191 e. The highest BCUT2D eigenvalue weighted by Gasteiger charge is 2.14. The molecule has 4 aromatic rings. The zero-order chi connectivity index (χ0) is 19.9. The molecule has 0 N–H and O–H groups in total. The lowest BCUT2D eigenvalue weighted by molar-refractivity contribution is 0.414. The van der Waals surface area contributed by atoms with Gasteiger partial charge in [-0.05, 0) is 41.1 Å². The van der Waals surface area contributed by atoms with E-state index in [0.29, 0.717) is 0 Å². The molecule has 0 radical (unpaired) electrons. The number of hydrogen-bond acceptors (Lipinski definition) is 5. The van der Waals surface area contributed by atoms with Crippen LogP contribution >= 0.6 is 23.1 Å². The third kappa shape index (κ3) is 5.28. The van der Waals surface area contributed by atoms with Gasteiger partial charge in [-0.15, -0.1) is 21.5 Å². The fourth-order valence-electron chi connectivity index (χ4n) is 3.15. The number of ether oxygens (including phenoxy) is 1. The lowest BCUT2D eigenvalue weighted by atomic mass is 10.1. The van der Waals surface area contributed by atoms with Gasteiger partial charge in [0.25, 0.3) is 0 Å². The number of aryl methyl sites for hydroxylation is 1. The standard InChI is InChI=1S/C23H23N3OS2/c1-27-20-10-5-9-19(15-20)17-29-23-25-24-22(16-21-11-6-14-28-21)26(23)13-12-18-7-3-2-4-8-18/h2-11,14-15H,12-13,16-17H2,1H3. The minimum atomic E-state index is 0.819. The first-order chi connectivity index (χ1) is 14.3. The molecular weight excluding hydrogens is 398 g/mol. The molecule has 148 valence electrons. The molecule has 0 aliphatic heterocycles. The number of thioether (sulfide) groups is 1. The predicted octanol–water partition coefficient (Wildman–Crippen LogP) is 5.47. The van der Waals surface area contributed by atoms with Crippen LogP contribution in [0.3, 0.4) is 0 Å². The summed E-state index contributed by atoms with van der Waals surface area (Å²) in [6.45, 7) is 0.873. The van der Waals surface area contributed by atoms with Gasteiger partial charge in [0.15, 0.2) is 5.16 Å². The molecule has 0 aliphatic carbocycles. The largest absolute Gasteiger partial charge is 0.497 e. The van der Waals surface area contributed by atoms with E-state index in [1.807, 2.05) is 12.1 Å². The van der Waals surface area contributed by atoms with Gasteiger partial charge in [-0.25, -0.2) is 0 Å². The van der Waals surface area contributed by atoms with E-state index in [2.05, 4.69) is 74.7 Å². The first-order valence-corrected chi connectivity index (χ1v) is 11.4. The number of aromatic nitrogens is 3. The van der Waals surface area contributed by atoms with Crippen molar-refractivity contribution in [3.8, 4) is 5.75 Å². The third-order valence-electron chi connectivity index (χ3n) is 4.67.